The molecule has 1 aliphatic carbocycles. The molecule has 1 aliphatic rings. The van der Waals surface area contributed by atoms with Gasteiger partial charge < -0.3 is 10.4 Å². The van der Waals surface area contributed by atoms with E-state index in [1.807, 2.05) is 0 Å². The lowest BCUT2D eigenvalue weighted by molar-refractivity contribution is 0.266. The van der Waals surface area contributed by atoms with Crippen molar-refractivity contribution in [2.75, 3.05) is 11.9 Å². The third-order valence-corrected chi connectivity index (χ3v) is 2.55. The highest BCUT2D eigenvalue weighted by Gasteiger charge is 2.42. The molecule has 1 fully saturated rings. The summed E-state index contributed by atoms with van der Waals surface area (Å²) in [6.45, 7) is 1.92. The summed E-state index contributed by atoms with van der Waals surface area (Å²) < 4.78 is 0. The van der Waals surface area contributed by atoms with Gasteiger partial charge in [0.05, 0.1) is 12.1 Å². The summed E-state index contributed by atoms with van der Waals surface area (Å²) in [5, 5.41) is 12.7. The predicted molar refractivity (Wildman–Crippen MR) is 54.5 cm³/mol. The minimum absolute atomic E-state index is 0.133. The number of aliphatic hydroxyl groups is 1. The second-order valence-corrected chi connectivity index (χ2v) is 4.07. The first kappa shape index (κ1) is 9.68. The van der Waals surface area contributed by atoms with Gasteiger partial charge in [-0.05, 0) is 19.8 Å². The highest BCUT2D eigenvalue weighted by molar-refractivity contribution is 6.29. The number of nitrogens with one attached hydrogen (secondary N) is 1. The molecule has 0 bridgehead atoms. The summed E-state index contributed by atoms with van der Waals surface area (Å²) in [7, 11) is 0. The molecule has 4 nitrogen and oxygen atoms in total. The molecule has 0 aliphatic heterocycles. The molecule has 14 heavy (non-hydrogen) atoms. The molecule has 0 atom stereocenters. The molecule has 0 radical (unpaired) electrons. The van der Waals surface area contributed by atoms with Gasteiger partial charge in [0.15, 0.2) is 0 Å². The number of aliphatic hydroxyl groups excluding tert-OH is 1. The maximum Gasteiger partial charge on any atom is 0.134 e. The second-order valence-electron chi connectivity index (χ2n) is 3.69. The van der Waals surface area contributed by atoms with Crippen molar-refractivity contribution in [2.24, 2.45) is 0 Å². The first-order chi connectivity index (χ1) is 6.63. The van der Waals surface area contributed by atoms with E-state index in [9.17, 15) is 0 Å². The van der Waals surface area contributed by atoms with E-state index in [1.54, 1.807) is 13.0 Å². The largest absolute Gasteiger partial charge is 0.394 e. The fourth-order valence-electron chi connectivity index (χ4n) is 1.34. The van der Waals surface area contributed by atoms with Gasteiger partial charge in [0, 0.05) is 6.07 Å². The van der Waals surface area contributed by atoms with Crippen molar-refractivity contribution in [3.05, 3.63) is 17.0 Å². The van der Waals surface area contributed by atoms with Crippen molar-refractivity contribution >= 4 is 17.4 Å². The molecule has 0 unspecified atom stereocenters. The van der Waals surface area contributed by atoms with Crippen LogP contribution in [0.3, 0.4) is 0 Å². The van der Waals surface area contributed by atoms with Crippen molar-refractivity contribution in [3.8, 4) is 0 Å². The van der Waals surface area contributed by atoms with Crippen molar-refractivity contribution in [3.63, 3.8) is 0 Å². The molecule has 0 aromatic carbocycles. The Kier molecular flexibility index (Phi) is 2.33. The number of halogens is 1. The fraction of sp³-hybridized carbons (Fsp3) is 0.556. The Balaban J connectivity index is 2.16. The van der Waals surface area contributed by atoms with Crippen molar-refractivity contribution < 1.29 is 5.11 Å². The van der Waals surface area contributed by atoms with E-state index in [4.69, 9.17) is 16.7 Å². The minimum atomic E-state index is -0.163. The van der Waals surface area contributed by atoms with E-state index in [0.29, 0.717) is 16.8 Å². The van der Waals surface area contributed by atoms with Crippen molar-refractivity contribution in [1.82, 2.24) is 9.97 Å². The number of anilines is 1. The van der Waals surface area contributed by atoms with Crippen molar-refractivity contribution in [1.29, 1.82) is 0 Å². The van der Waals surface area contributed by atoms with Gasteiger partial charge in [0.2, 0.25) is 0 Å². The third kappa shape index (κ3) is 1.96. The maximum absolute atomic E-state index is 9.12. The van der Waals surface area contributed by atoms with Crippen LogP contribution in [0.1, 0.15) is 18.7 Å². The molecule has 5 heteroatoms. The monoisotopic (exact) mass is 213 g/mol. The minimum Gasteiger partial charge on any atom is -0.394 e. The van der Waals surface area contributed by atoms with Crippen LogP contribution in [-0.4, -0.2) is 27.2 Å². The van der Waals surface area contributed by atoms with Gasteiger partial charge in [-0.25, -0.2) is 9.97 Å². The van der Waals surface area contributed by atoms with Crippen LogP contribution < -0.4 is 5.32 Å². The van der Waals surface area contributed by atoms with Crippen molar-refractivity contribution in [2.45, 2.75) is 25.3 Å². The van der Waals surface area contributed by atoms with Gasteiger partial charge in [-0.15, -0.1) is 0 Å². The van der Waals surface area contributed by atoms with E-state index in [1.165, 1.54) is 0 Å². The zero-order valence-corrected chi connectivity index (χ0v) is 8.67. The van der Waals surface area contributed by atoms with Crippen LogP contribution in [0.15, 0.2) is 6.07 Å². The van der Waals surface area contributed by atoms with Crippen LogP contribution in [0.4, 0.5) is 5.82 Å². The summed E-state index contributed by atoms with van der Waals surface area (Å²) >= 11 is 5.79. The molecule has 1 aromatic heterocycles. The third-order valence-electron chi connectivity index (χ3n) is 2.36. The van der Waals surface area contributed by atoms with E-state index in [0.717, 1.165) is 12.8 Å². The quantitative estimate of drug-likeness (QED) is 0.745. The van der Waals surface area contributed by atoms with E-state index >= 15 is 0 Å². The molecule has 0 saturated heterocycles. The normalized spacial score (nSPS) is 17.9. The van der Waals surface area contributed by atoms with Crippen LogP contribution in [-0.2, 0) is 0 Å². The number of aromatic nitrogens is 2. The molecule has 2 rings (SSSR count). The van der Waals surface area contributed by atoms with Gasteiger partial charge in [-0.3, -0.25) is 0 Å². The molecule has 1 aromatic rings. The Bertz CT molecular complexity index is 332. The summed E-state index contributed by atoms with van der Waals surface area (Å²) in [5.41, 5.74) is -0.163. The number of hydrogen-bond donors (Lipinski definition) is 2. The molecule has 2 N–H and O–H groups in total. The number of nitrogens with zero attached hydrogens (tertiary/aromatic N) is 2. The Morgan fingerprint density at radius 3 is 2.79 bits per heavy atom. The first-order valence-corrected chi connectivity index (χ1v) is 4.92. The summed E-state index contributed by atoms with van der Waals surface area (Å²) in [5.74, 6) is 1.32. The molecule has 0 amide bonds. The smallest absolute Gasteiger partial charge is 0.134 e. The average molecular weight is 214 g/mol. The number of hydrogen-bond acceptors (Lipinski definition) is 4. The summed E-state index contributed by atoms with van der Waals surface area (Å²) in [4.78, 5) is 8.15. The fourth-order valence-corrected chi connectivity index (χ4v) is 1.57. The second kappa shape index (κ2) is 3.37. The van der Waals surface area contributed by atoms with Crippen LogP contribution in [0.2, 0.25) is 5.15 Å². The van der Waals surface area contributed by atoms with Crippen LogP contribution in [0.5, 0.6) is 0 Å². The first-order valence-electron chi connectivity index (χ1n) is 4.54. The van der Waals surface area contributed by atoms with Gasteiger partial charge in [-0.2, -0.15) is 0 Å². The standard InChI is InChI=1S/C9H12ClN3O/c1-6-11-7(10)4-8(12-6)13-9(5-14)2-3-9/h4,14H,2-3,5H2,1H3,(H,11,12,13). The Morgan fingerprint density at radius 2 is 2.29 bits per heavy atom. The Hall–Kier alpha value is -0.870. The maximum atomic E-state index is 9.12. The van der Waals surface area contributed by atoms with Crippen LogP contribution in [0, 0.1) is 6.92 Å². The lowest BCUT2D eigenvalue weighted by Crippen LogP contribution is -2.26. The van der Waals surface area contributed by atoms with Gasteiger partial charge >= 0.3 is 0 Å². The highest BCUT2D eigenvalue weighted by atomic mass is 35.5. The zero-order valence-electron chi connectivity index (χ0n) is 7.92. The number of rotatable bonds is 3. The SMILES string of the molecule is Cc1nc(Cl)cc(NC2(CO)CC2)n1. The molecule has 0 spiro atoms. The molecule has 1 saturated carbocycles. The molecule has 76 valence electrons. The van der Waals surface area contributed by atoms with Crippen LogP contribution >= 0.6 is 11.6 Å². The van der Waals surface area contributed by atoms with Crippen LogP contribution in [0.25, 0.3) is 0 Å². The van der Waals surface area contributed by atoms with Gasteiger partial charge in [-0.1, -0.05) is 11.6 Å². The number of aryl methyl sites for hydroxylation is 1. The Labute approximate surface area is 87.3 Å². The molecule has 1 heterocycles. The Morgan fingerprint density at radius 1 is 1.57 bits per heavy atom. The molecular weight excluding hydrogens is 202 g/mol. The van der Waals surface area contributed by atoms with Gasteiger partial charge in [0.25, 0.3) is 0 Å². The van der Waals surface area contributed by atoms with E-state index in [2.05, 4.69) is 15.3 Å². The average Bonchev–Trinajstić information content (AvgIpc) is 2.83. The molecular formula is C9H12ClN3O. The lowest BCUT2D eigenvalue weighted by atomic mass is 10.3. The summed E-state index contributed by atoms with van der Waals surface area (Å²) in [6, 6.07) is 1.67. The lowest BCUT2D eigenvalue weighted by Gasteiger charge is -2.14. The van der Waals surface area contributed by atoms with Gasteiger partial charge in [0.1, 0.15) is 16.8 Å². The highest BCUT2D eigenvalue weighted by Crippen LogP contribution is 2.38. The zero-order chi connectivity index (χ0) is 10.2. The van der Waals surface area contributed by atoms with E-state index < -0.39 is 0 Å². The summed E-state index contributed by atoms with van der Waals surface area (Å²) in [6.07, 6.45) is 1.95. The van der Waals surface area contributed by atoms with E-state index in [-0.39, 0.29) is 12.1 Å². The topological polar surface area (TPSA) is 58.0 Å². The predicted octanol–water partition coefficient (Wildman–Crippen LogP) is 1.38.